The smallest absolute Gasteiger partial charge is 0.243 e. The van der Waals surface area contributed by atoms with Crippen molar-refractivity contribution >= 4 is 40.1 Å². The summed E-state index contributed by atoms with van der Waals surface area (Å²) in [6.07, 6.45) is -0.801. The molecule has 0 fully saturated rings. The van der Waals surface area contributed by atoms with Crippen molar-refractivity contribution in [1.82, 2.24) is 17.2 Å². The van der Waals surface area contributed by atoms with Gasteiger partial charge < -0.3 is 9.47 Å². The van der Waals surface area contributed by atoms with Crippen LogP contribution in [0.4, 0.5) is 0 Å². The summed E-state index contributed by atoms with van der Waals surface area (Å²) in [4.78, 5) is 0.843. The van der Waals surface area contributed by atoms with Crippen LogP contribution in [0, 0.1) is 83.1 Å². The molecule has 0 saturated heterocycles. The fourth-order valence-electron chi connectivity index (χ4n) is 12.0. The average molecular weight is 1230 g/mol. The third-order valence-electron chi connectivity index (χ3n) is 15.5. The van der Waals surface area contributed by atoms with E-state index in [0.717, 1.165) is 33.4 Å². The zero-order valence-electron chi connectivity index (χ0n) is 52.0. The lowest BCUT2D eigenvalue weighted by atomic mass is 10.1. The molecule has 2 atom stereocenters. The summed E-state index contributed by atoms with van der Waals surface area (Å²) >= 11 is 0. The monoisotopic (exact) mass is 1230 g/mol. The van der Waals surface area contributed by atoms with Crippen LogP contribution in [0.3, 0.4) is 0 Å². The van der Waals surface area contributed by atoms with E-state index in [2.05, 4.69) is 0 Å². The van der Waals surface area contributed by atoms with Gasteiger partial charge in [-0.15, -0.1) is 0 Å². The van der Waals surface area contributed by atoms with Gasteiger partial charge in [0.15, 0.2) is 0 Å². The van der Waals surface area contributed by atoms with Gasteiger partial charge in [0.05, 0.1) is 45.0 Å². The van der Waals surface area contributed by atoms with Gasteiger partial charge in [-0.3, -0.25) is 0 Å². The average Bonchev–Trinajstić information content (AvgIpc) is 1.43. The van der Waals surface area contributed by atoms with Crippen LogP contribution in [0.1, 0.15) is 117 Å². The van der Waals surface area contributed by atoms with Gasteiger partial charge in [0, 0.05) is 52.4 Å². The molecule has 0 amide bonds. The maximum Gasteiger partial charge on any atom is 0.243 e. The number of sulfonamides is 4. The first-order chi connectivity index (χ1) is 39.5. The molecule has 0 bridgehead atoms. The number of hydrogen-bond donors (Lipinski definition) is 0. The summed E-state index contributed by atoms with van der Waals surface area (Å²) in [5.74, 6) is 0. The van der Waals surface area contributed by atoms with Crippen molar-refractivity contribution < 1.29 is 43.1 Å². The first kappa shape index (κ1) is 68.0. The summed E-state index contributed by atoms with van der Waals surface area (Å²) in [7, 11) is -16.5. The predicted molar refractivity (Wildman–Crippen MR) is 338 cm³/mol. The summed E-state index contributed by atoms with van der Waals surface area (Å²) in [5.41, 5.74) is 10.3. The van der Waals surface area contributed by atoms with Crippen molar-refractivity contribution in [2.24, 2.45) is 0 Å². The molecule has 0 aliphatic heterocycles. The van der Waals surface area contributed by atoms with E-state index in [1.165, 1.54) is 17.2 Å². The Hall–Kier alpha value is -5.12. The van der Waals surface area contributed by atoms with Crippen LogP contribution < -0.4 is 0 Å². The Morgan fingerprint density at radius 1 is 0.345 bits per heavy atom. The lowest BCUT2D eigenvalue weighted by molar-refractivity contribution is 0.0194. The molecule has 0 aliphatic carbocycles. The van der Waals surface area contributed by atoms with Gasteiger partial charge >= 0.3 is 0 Å². The molecular weight excluding hydrogens is 1140 g/mol. The lowest BCUT2D eigenvalue weighted by Crippen LogP contribution is -2.43. The van der Waals surface area contributed by atoms with Crippen molar-refractivity contribution in [3.8, 4) is 0 Å². The van der Waals surface area contributed by atoms with Gasteiger partial charge in [0.25, 0.3) is 0 Å². The maximum atomic E-state index is 15.4. The van der Waals surface area contributed by atoms with Crippen LogP contribution in [0.2, 0.25) is 0 Å². The number of unbranched alkanes of at least 4 members (excludes halogenated alkanes) is 1. The van der Waals surface area contributed by atoms with Gasteiger partial charge in [-0.2, -0.15) is 17.2 Å². The van der Waals surface area contributed by atoms with Gasteiger partial charge in [0.2, 0.25) is 40.1 Å². The Kier molecular flexibility index (Phi) is 23.9. The Labute approximate surface area is 504 Å². The largest absolute Gasteiger partial charge is 0.372 e. The summed E-state index contributed by atoms with van der Waals surface area (Å²) < 4.78 is 139. The normalized spacial score (nSPS) is 13.4. The highest BCUT2D eigenvalue weighted by Crippen LogP contribution is 2.32. The van der Waals surface area contributed by atoms with Crippen molar-refractivity contribution in [2.45, 2.75) is 168 Å². The zero-order valence-corrected chi connectivity index (χ0v) is 55.2. The quantitative estimate of drug-likeness (QED) is 0.0382. The van der Waals surface area contributed by atoms with E-state index in [4.69, 9.17) is 9.47 Å². The minimum atomic E-state index is -4.27. The Bertz CT molecular complexity index is 3360. The third-order valence-corrected chi connectivity index (χ3v) is 24.4. The van der Waals surface area contributed by atoms with E-state index in [1.54, 1.807) is 69.2 Å². The number of nitrogens with zero attached hydrogens (tertiary/aromatic N) is 4. The molecule has 458 valence electrons. The Balaban J connectivity index is 1.36. The molecule has 6 rings (SSSR count). The van der Waals surface area contributed by atoms with Crippen LogP contribution in [-0.2, 0) is 62.8 Å². The van der Waals surface area contributed by atoms with E-state index in [0.29, 0.717) is 44.5 Å². The van der Waals surface area contributed by atoms with Crippen LogP contribution in [0.25, 0.3) is 0 Å². The van der Waals surface area contributed by atoms with Crippen molar-refractivity contribution in [1.29, 1.82) is 0 Å². The molecule has 0 unspecified atom stereocenters. The standard InChI is InChI=1S/C66H90N4O10S4/c1-15-67(81(71,72)63-51(7)35-47(3)36-52(63)8)33-29-61(79-45-59-25-19-17-20-26-59)43-69(83(75,76)65-55(11)39-49(5)40-56(65)12)31-23-24-32-70(84(77,78)66-57(13)41-50(6)42-58(66)14)44-62(80-46-60-27-21-18-22-28-60)30-34-68(16-2)82(73,74)64-53(9)37-48(4)38-54(64)10/h17-22,25-28,35-42,61-62H,15-16,23-24,29-34,43-46H2,1-14H3/t61-,62-/m1/s1. The second kappa shape index (κ2) is 29.5. The van der Waals surface area contributed by atoms with Crippen molar-refractivity contribution in [3.63, 3.8) is 0 Å². The van der Waals surface area contributed by atoms with E-state index in [9.17, 15) is 16.8 Å². The Morgan fingerprint density at radius 3 is 0.821 bits per heavy atom. The summed E-state index contributed by atoms with van der Waals surface area (Å²) in [6, 6.07) is 33.9. The SMILES string of the molecule is CCN(CC[C@H](CN(CCCCN(C[C@@H](CCN(CC)S(=O)(=O)c1c(C)cc(C)cc1C)OCc1ccccc1)S(=O)(=O)c1c(C)cc(C)cc1C)S(=O)(=O)c1c(C)cc(C)cc1C)OCc1ccccc1)S(=O)(=O)c1c(C)cc(C)cc1C. The van der Waals surface area contributed by atoms with Gasteiger partial charge in [-0.05, 0) is 164 Å². The molecule has 84 heavy (non-hydrogen) atoms. The fourth-order valence-corrected chi connectivity index (χ4v) is 19.6. The predicted octanol–water partition coefficient (Wildman–Crippen LogP) is 12.2. The van der Waals surface area contributed by atoms with E-state index in [1.807, 2.05) is 137 Å². The zero-order chi connectivity index (χ0) is 61.9. The molecule has 0 aliphatic rings. The van der Waals surface area contributed by atoms with Gasteiger partial charge in [-0.25, -0.2) is 33.7 Å². The van der Waals surface area contributed by atoms with E-state index >= 15 is 16.8 Å². The number of benzene rings is 6. The van der Waals surface area contributed by atoms with Crippen molar-refractivity contribution in [2.75, 3.05) is 52.4 Å². The molecule has 14 nitrogen and oxygen atoms in total. The van der Waals surface area contributed by atoms with E-state index in [-0.39, 0.29) is 111 Å². The Morgan fingerprint density at radius 2 is 0.583 bits per heavy atom. The maximum absolute atomic E-state index is 15.4. The van der Waals surface area contributed by atoms with Gasteiger partial charge in [-0.1, -0.05) is 145 Å². The summed E-state index contributed by atoms with van der Waals surface area (Å²) in [6.45, 7) is 26.0. The highest BCUT2D eigenvalue weighted by Gasteiger charge is 2.35. The minimum absolute atomic E-state index is 0.0244. The molecule has 0 saturated carbocycles. The minimum Gasteiger partial charge on any atom is -0.372 e. The third kappa shape index (κ3) is 16.9. The topological polar surface area (TPSA) is 168 Å². The van der Waals surface area contributed by atoms with Crippen LogP contribution in [0.5, 0.6) is 0 Å². The second-order valence-electron chi connectivity index (χ2n) is 22.8. The van der Waals surface area contributed by atoms with Gasteiger partial charge in [0.1, 0.15) is 0 Å². The molecule has 6 aromatic rings. The molecule has 0 spiro atoms. The molecule has 0 N–H and O–H groups in total. The molecule has 0 radical (unpaired) electrons. The first-order valence-corrected chi connectivity index (χ1v) is 34.9. The fraction of sp³-hybridized carbons (Fsp3) is 0.455. The highest BCUT2D eigenvalue weighted by molar-refractivity contribution is 7.90. The number of hydrogen-bond acceptors (Lipinski definition) is 10. The van der Waals surface area contributed by atoms with Crippen LogP contribution in [0.15, 0.2) is 129 Å². The molecule has 0 heterocycles. The molecule has 18 heteroatoms. The number of ether oxygens (including phenoxy) is 2. The first-order valence-electron chi connectivity index (χ1n) is 29.2. The summed E-state index contributed by atoms with van der Waals surface area (Å²) in [5, 5.41) is 0. The molecular formula is C66H90N4O10S4. The van der Waals surface area contributed by atoms with Crippen molar-refractivity contribution in [3.05, 3.63) is 187 Å². The molecule has 6 aromatic carbocycles. The van der Waals surface area contributed by atoms with Crippen LogP contribution >= 0.6 is 0 Å². The molecule has 0 aromatic heterocycles. The van der Waals surface area contributed by atoms with E-state index < -0.39 is 52.3 Å². The van der Waals surface area contributed by atoms with Crippen LogP contribution in [-0.4, -0.2) is 115 Å². The lowest BCUT2D eigenvalue weighted by Gasteiger charge is -2.31. The number of aryl methyl sites for hydroxylation is 12. The second-order valence-corrected chi connectivity index (χ2v) is 30.3. The highest BCUT2D eigenvalue weighted by atomic mass is 32.2. The number of rotatable bonds is 31.